The van der Waals surface area contributed by atoms with E-state index in [2.05, 4.69) is 5.32 Å². The Bertz CT molecular complexity index is 937. The van der Waals surface area contributed by atoms with E-state index in [1.807, 2.05) is 0 Å². The van der Waals surface area contributed by atoms with Crippen molar-refractivity contribution in [2.45, 2.75) is 12.8 Å². The Morgan fingerprint density at radius 1 is 1.00 bits per heavy atom. The number of ketones is 1. The number of hydrogen-bond donors (Lipinski definition) is 1. The fourth-order valence-electron chi connectivity index (χ4n) is 3.03. The molecule has 0 atom stereocenters. The number of nitrogens with one attached hydrogen (secondary N) is 1. The third-order valence-electron chi connectivity index (χ3n) is 4.68. The van der Waals surface area contributed by atoms with Crippen LogP contribution in [0.5, 0.6) is 5.75 Å². The predicted octanol–water partition coefficient (Wildman–Crippen LogP) is 1.98. The number of methoxy groups -OCH3 is 1. The summed E-state index contributed by atoms with van der Waals surface area (Å²) in [4.78, 5) is 49.5. The van der Waals surface area contributed by atoms with Crippen LogP contribution in [-0.4, -0.2) is 50.4 Å². The van der Waals surface area contributed by atoms with Gasteiger partial charge in [-0.05, 0) is 55.0 Å². The molecule has 30 heavy (non-hydrogen) atoms. The molecule has 3 rings (SSSR count). The van der Waals surface area contributed by atoms with Crippen molar-refractivity contribution in [3.8, 4) is 5.75 Å². The second-order valence-electron chi connectivity index (χ2n) is 6.69. The average Bonchev–Trinajstić information content (AvgIpc) is 3.21. The Morgan fingerprint density at radius 2 is 1.67 bits per heavy atom. The fraction of sp³-hybridized carbons (Fsp3) is 0.273. The number of hydrogen-bond acceptors (Lipinski definition) is 6. The number of carbonyl (C=O) groups is 4. The highest BCUT2D eigenvalue weighted by atomic mass is 16.5. The maximum absolute atomic E-state index is 12.2. The SMILES string of the molecule is COc1ccc(C(=O)NCC(=O)OCC(=O)c2ccc(N3CCCC3=O)cc2)cc1. The van der Waals surface area contributed by atoms with Crippen molar-refractivity contribution in [2.24, 2.45) is 0 Å². The summed E-state index contributed by atoms with van der Waals surface area (Å²) in [7, 11) is 1.52. The van der Waals surface area contributed by atoms with Gasteiger partial charge >= 0.3 is 5.97 Å². The number of amides is 2. The Kier molecular flexibility index (Phi) is 6.79. The first-order valence-electron chi connectivity index (χ1n) is 9.49. The fourth-order valence-corrected chi connectivity index (χ4v) is 3.03. The third-order valence-corrected chi connectivity index (χ3v) is 4.68. The summed E-state index contributed by atoms with van der Waals surface area (Å²) in [5.41, 5.74) is 1.49. The van der Waals surface area contributed by atoms with Crippen LogP contribution in [0.3, 0.4) is 0 Å². The zero-order chi connectivity index (χ0) is 21.5. The number of rotatable bonds is 8. The highest BCUT2D eigenvalue weighted by molar-refractivity contribution is 6.00. The van der Waals surface area contributed by atoms with E-state index in [1.54, 1.807) is 53.4 Å². The van der Waals surface area contributed by atoms with Crippen molar-refractivity contribution < 1.29 is 28.7 Å². The van der Waals surface area contributed by atoms with Crippen LogP contribution in [0, 0.1) is 0 Å². The number of nitrogens with zero attached hydrogens (tertiary/aromatic N) is 1. The molecular weight excluding hydrogens is 388 g/mol. The number of esters is 1. The van der Waals surface area contributed by atoms with E-state index in [-0.39, 0.29) is 18.2 Å². The van der Waals surface area contributed by atoms with Gasteiger partial charge in [0.25, 0.3) is 5.91 Å². The van der Waals surface area contributed by atoms with Crippen molar-refractivity contribution in [1.82, 2.24) is 5.32 Å². The first-order chi connectivity index (χ1) is 14.5. The van der Waals surface area contributed by atoms with Crippen molar-refractivity contribution >= 4 is 29.3 Å². The molecule has 0 saturated carbocycles. The second-order valence-corrected chi connectivity index (χ2v) is 6.69. The van der Waals surface area contributed by atoms with Crippen molar-refractivity contribution in [3.05, 3.63) is 59.7 Å². The van der Waals surface area contributed by atoms with E-state index in [1.165, 1.54) is 7.11 Å². The molecule has 1 fully saturated rings. The van der Waals surface area contributed by atoms with Crippen molar-refractivity contribution in [3.63, 3.8) is 0 Å². The number of carbonyl (C=O) groups excluding carboxylic acids is 4. The number of ether oxygens (including phenoxy) is 2. The van der Waals surface area contributed by atoms with Crippen LogP contribution in [-0.2, 0) is 14.3 Å². The Labute approximate surface area is 173 Å². The average molecular weight is 410 g/mol. The van der Waals surface area contributed by atoms with Gasteiger partial charge in [0.2, 0.25) is 5.91 Å². The molecule has 156 valence electrons. The lowest BCUT2D eigenvalue weighted by Crippen LogP contribution is -2.31. The van der Waals surface area contributed by atoms with Crippen molar-refractivity contribution in [2.75, 3.05) is 31.7 Å². The number of anilines is 1. The monoisotopic (exact) mass is 410 g/mol. The predicted molar refractivity (Wildman–Crippen MR) is 109 cm³/mol. The standard InChI is InChI=1S/C22H22N2O6/c1-29-18-10-6-16(7-11-18)22(28)23-13-21(27)30-14-19(25)15-4-8-17(9-5-15)24-12-2-3-20(24)26/h4-11H,2-3,12-14H2,1H3,(H,23,28). The van der Waals surface area contributed by atoms with E-state index in [9.17, 15) is 19.2 Å². The smallest absolute Gasteiger partial charge is 0.325 e. The van der Waals surface area contributed by atoms with Gasteiger partial charge in [0, 0.05) is 29.8 Å². The number of Topliss-reactive ketones (excluding diaryl/α,β-unsaturated/α-hetero) is 1. The van der Waals surface area contributed by atoms with Crippen LogP contribution in [0.15, 0.2) is 48.5 Å². The molecule has 2 aromatic rings. The maximum Gasteiger partial charge on any atom is 0.325 e. The molecule has 0 spiro atoms. The van der Waals surface area contributed by atoms with Gasteiger partial charge < -0.3 is 19.7 Å². The molecule has 8 heteroatoms. The molecule has 1 N–H and O–H groups in total. The molecule has 1 heterocycles. The molecule has 0 aromatic heterocycles. The van der Waals surface area contributed by atoms with E-state index >= 15 is 0 Å². The lowest BCUT2D eigenvalue weighted by atomic mass is 10.1. The molecule has 0 radical (unpaired) electrons. The third kappa shape index (κ3) is 5.22. The van der Waals surface area contributed by atoms with Crippen LogP contribution < -0.4 is 15.0 Å². The summed E-state index contributed by atoms with van der Waals surface area (Å²) in [6.07, 6.45) is 1.36. The maximum atomic E-state index is 12.2. The van der Waals surface area contributed by atoms with Crippen LogP contribution in [0.2, 0.25) is 0 Å². The van der Waals surface area contributed by atoms with Crippen LogP contribution in [0.4, 0.5) is 5.69 Å². The summed E-state index contributed by atoms with van der Waals surface area (Å²) < 4.78 is 9.96. The van der Waals surface area contributed by atoms with Crippen molar-refractivity contribution in [1.29, 1.82) is 0 Å². The first kappa shape index (κ1) is 21.0. The highest BCUT2D eigenvalue weighted by Crippen LogP contribution is 2.21. The van der Waals surface area contributed by atoms with E-state index in [0.717, 1.165) is 12.1 Å². The van der Waals surface area contributed by atoms with Crippen LogP contribution in [0.25, 0.3) is 0 Å². The van der Waals surface area contributed by atoms with Crippen LogP contribution in [0.1, 0.15) is 33.6 Å². The van der Waals surface area contributed by atoms with E-state index in [0.29, 0.717) is 29.8 Å². The van der Waals surface area contributed by atoms with Crippen LogP contribution >= 0.6 is 0 Å². The van der Waals surface area contributed by atoms with Gasteiger partial charge in [-0.2, -0.15) is 0 Å². The summed E-state index contributed by atoms with van der Waals surface area (Å²) in [5, 5.41) is 2.44. The summed E-state index contributed by atoms with van der Waals surface area (Å²) >= 11 is 0. The topological polar surface area (TPSA) is 102 Å². The van der Waals surface area contributed by atoms with E-state index in [4.69, 9.17) is 9.47 Å². The van der Waals surface area contributed by atoms with Gasteiger partial charge in [-0.15, -0.1) is 0 Å². The molecule has 2 amide bonds. The van der Waals surface area contributed by atoms with Gasteiger partial charge in [0.15, 0.2) is 12.4 Å². The van der Waals surface area contributed by atoms with Gasteiger partial charge in [-0.1, -0.05) is 0 Å². The lowest BCUT2D eigenvalue weighted by Gasteiger charge is -2.15. The molecule has 2 aromatic carbocycles. The summed E-state index contributed by atoms with van der Waals surface area (Å²) in [5.74, 6) is -0.842. The minimum absolute atomic E-state index is 0.0692. The second kappa shape index (κ2) is 9.69. The normalized spacial score (nSPS) is 13.1. The lowest BCUT2D eigenvalue weighted by molar-refractivity contribution is -0.141. The van der Waals surface area contributed by atoms with E-state index < -0.39 is 18.5 Å². The molecule has 0 bridgehead atoms. The first-order valence-corrected chi connectivity index (χ1v) is 9.49. The zero-order valence-corrected chi connectivity index (χ0v) is 16.6. The molecular formula is C22H22N2O6. The largest absolute Gasteiger partial charge is 0.497 e. The molecule has 1 aliphatic heterocycles. The minimum atomic E-state index is -0.718. The highest BCUT2D eigenvalue weighted by Gasteiger charge is 2.21. The van der Waals surface area contributed by atoms with Gasteiger partial charge in [0.1, 0.15) is 12.3 Å². The Hall–Kier alpha value is -3.68. The van der Waals surface area contributed by atoms with Gasteiger partial charge in [-0.25, -0.2) is 0 Å². The Balaban J connectivity index is 1.44. The molecule has 8 nitrogen and oxygen atoms in total. The summed E-state index contributed by atoms with van der Waals surface area (Å²) in [6, 6.07) is 13.0. The zero-order valence-electron chi connectivity index (χ0n) is 16.6. The molecule has 0 aliphatic carbocycles. The number of benzene rings is 2. The molecule has 0 unspecified atom stereocenters. The Morgan fingerprint density at radius 3 is 2.27 bits per heavy atom. The molecule has 1 saturated heterocycles. The minimum Gasteiger partial charge on any atom is -0.497 e. The van der Waals surface area contributed by atoms with Gasteiger partial charge in [0.05, 0.1) is 7.11 Å². The molecule has 1 aliphatic rings. The summed E-state index contributed by atoms with van der Waals surface area (Å²) in [6.45, 7) is -0.112. The quantitative estimate of drug-likeness (QED) is 0.527. The van der Waals surface area contributed by atoms with Gasteiger partial charge in [-0.3, -0.25) is 19.2 Å².